The normalized spacial score (nSPS) is 13.7. The molecule has 4 aliphatic rings. The Morgan fingerprint density at radius 1 is 0.530 bits per heavy atom. The molecule has 6 heterocycles. The van der Waals surface area contributed by atoms with Gasteiger partial charge in [-0.15, -0.1) is 0 Å². The van der Waals surface area contributed by atoms with Gasteiger partial charge in [0.05, 0.1) is 52.6 Å². The van der Waals surface area contributed by atoms with E-state index in [4.69, 9.17) is 47.4 Å². The number of aromatic nitrogens is 2. The molecular formula is C89H102B2Br4IN10O9. The summed E-state index contributed by atoms with van der Waals surface area (Å²) in [6, 6.07) is 69.7. The van der Waals surface area contributed by atoms with Crippen molar-refractivity contribution in [3.63, 3.8) is 0 Å². The van der Waals surface area contributed by atoms with Crippen molar-refractivity contribution in [2.75, 3.05) is 33.7 Å². The summed E-state index contributed by atoms with van der Waals surface area (Å²) in [5, 5.41) is 13.8. The SMILES string of the molecule is C.C1CCOC1.Cc1noc(C)c1-c1ccc2c(c1)N(Cc1ccccc1)C(=O)NC2.Cc1noc(C)c1B1OC(C)(C)C(C)(C)O1.NC(=O)c1ccc(Br)cc1CCc1ccccc1.NC(=O)c1ccc(Br)cc1N.NCc1ccc(Br)cc1CCc1ccccc1.O=C1NCc2ccc(Br)cc2N1Cc1ccccc1.[2H]CI.[B]. The fraction of sp³-hybridized carbons (Fsp3) is 0.281. The Bertz CT molecular complexity index is 4890. The number of urea groups is 2. The zero-order chi connectivity index (χ0) is 82.5. The molecular weight excluding hydrogens is 1820 g/mol. The first-order valence-electron chi connectivity index (χ1n) is 37.5. The summed E-state index contributed by atoms with van der Waals surface area (Å²) in [5.41, 5.74) is 39.5. The highest BCUT2D eigenvalue weighted by Crippen LogP contribution is 2.38. The minimum atomic E-state index is -0.505. The Labute approximate surface area is 728 Å². The van der Waals surface area contributed by atoms with Gasteiger partial charge in [-0.25, -0.2) is 9.59 Å². The standard InChI is InChI=1S/C20H19N3O2.C15H13BrN2O.C15H14BrNO.C15H16BrN.C11H18BNO3.C7H7BrN2O.C4H8O.CH3I.CH4.B/c1-13-19(14(2)25-22-13)16-8-9-17-11-21-20(24)23(18(17)10-16)12-15-6-4-3-5-7-15;16-13-7-6-12-9-17-15(19)18(14(12)8-13)10-11-4-2-1-3-5-11;16-13-8-9-14(15(17)18)12(10-13)7-6-11-4-2-1-3-5-11;16-15-9-8-14(11-17)13(10-15)7-6-12-4-2-1-3-5-12;1-7-9(8(2)14-13-7)12-15-10(3,4)11(5,6)16-12;8-4-1-2-5(7(10)11)6(9)3-4;1-2-4-5-3-1;1-2;;/h3-10H,11-12H2,1-2H3,(H,21,24);1-8H,9-10H2,(H,17,19);1-5,8-10H,6-7H2,(H2,17,18);1-5,8-10H,6-7,11,17H2;1-6H3;1-3H,9H2,(H2,10,11);1-4H2;1H3;1H4;/i;;;;;;;1D;;. The summed E-state index contributed by atoms with van der Waals surface area (Å²) < 4.78 is 37.4. The number of alkyl halides is 1. The highest BCUT2D eigenvalue weighted by Gasteiger charge is 2.53. The Hall–Kier alpha value is -8.70. The third kappa shape index (κ3) is 28.0. The van der Waals surface area contributed by atoms with E-state index in [-0.39, 0.29) is 52.1 Å². The number of halogens is 5. The van der Waals surface area contributed by atoms with Crippen LogP contribution in [0, 0.1) is 27.7 Å². The number of ether oxygens (including phenoxy) is 1. The van der Waals surface area contributed by atoms with Gasteiger partial charge in [0.1, 0.15) is 11.5 Å². The number of carbonyl (C=O) groups excluding carboxylic acids is 4. The first-order chi connectivity index (χ1) is 54.6. The number of nitrogens with two attached hydrogens (primary N) is 4. The van der Waals surface area contributed by atoms with Gasteiger partial charge in [-0.3, -0.25) is 19.4 Å². The predicted octanol–water partition coefficient (Wildman–Crippen LogP) is 19.7. The molecule has 2 saturated heterocycles. The molecule has 3 radical (unpaired) electrons. The van der Waals surface area contributed by atoms with Gasteiger partial charge in [0.25, 0.3) is 5.91 Å². The number of nitrogen functional groups attached to an aromatic ring is 1. The highest BCUT2D eigenvalue weighted by atomic mass is 127. The first-order valence-corrected chi connectivity index (χ1v) is 41.5. The number of hydrogen-bond acceptors (Lipinski definition) is 13. The van der Waals surface area contributed by atoms with E-state index in [2.05, 4.69) is 151 Å². The molecule has 2 fully saturated rings. The van der Waals surface area contributed by atoms with Crippen molar-refractivity contribution in [3.05, 3.63) is 314 Å². The number of nitrogens with zero attached hydrogens (tertiary/aromatic N) is 4. The maximum atomic E-state index is 12.5. The van der Waals surface area contributed by atoms with Gasteiger partial charge in [-0.05, 0) is 221 Å². The van der Waals surface area contributed by atoms with Gasteiger partial charge in [0, 0.05) is 82.8 Å². The van der Waals surface area contributed by atoms with E-state index in [1.807, 2.05) is 199 Å². The third-order valence-corrected chi connectivity index (χ3v) is 21.2. The topological polar surface area (TPSA) is 283 Å². The van der Waals surface area contributed by atoms with Crippen LogP contribution in [0.3, 0.4) is 0 Å². The van der Waals surface area contributed by atoms with Crippen molar-refractivity contribution in [1.29, 1.82) is 0 Å². The number of primary amides is 2. The smallest absolute Gasteiger partial charge is 0.399 e. The molecule has 9 aromatic carbocycles. The lowest BCUT2D eigenvalue weighted by atomic mass is 9.77. The van der Waals surface area contributed by atoms with Crippen molar-refractivity contribution in [2.45, 2.75) is 145 Å². The molecule has 10 N–H and O–H groups in total. The minimum absolute atomic E-state index is 0. The predicted molar refractivity (Wildman–Crippen MR) is 489 cm³/mol. The fourth-order valence-corrected chi connectivity index (χ4v) is 14.0. The summed E-state index contributed by atoms with van der Waals surface area (Å²) in [7, 11) is -0.378. The molecule has 0 bridgehead atoms. The maximum absolute atomic E-state index is 12.5. The van der Waals surface area contributed by atoms with E-state index >= 15 is 0 Å². The number of hydrogen-bond donors (Lipinski definition) is 6. The van der Waals surface area contributed by atoms with E-state index in [1.165, 1.54) is 35.1 Å². The molecule has 4 aliphatic heterocycles. The summed E-state index contributed by atoms with van der Waals surface area (Å²) in [6.07, 6.45) is 6.36. The minimum Gasteiger partial charge on any atom is -0.399 e. The number of aryl methyl sites for hydroxylation is 8. The van der Waals surface area contributed by atoms with Crippen LogP contribution in [0.25, 0.3) is 11.1 Å². The van der Waals surface area contributed by atoms with E-state index in [0.29, 0.717) is 54.4 Å². The lowest BCUT2D eigenvalue weighted by molar-refractivity contribution is 0.00578. The van der Waals surface area contributed by atoms with Gasteiger partial charge in [-0.2, -0.15) is 0 Å². The van der Waals surface area contributed by atoms with Crippen LogP contribution in [-0.2, 0) is 72.5 Å². The van der Waals surface area contributed by atoms with Gasteiger partial charge < -0.3 is 56.7 Å². The van der Waals surface area contributed by atoms with Crippen molar-refractivity contribution < 1.29 is 43.6 Å². The Kier molecular flexibility index (Phi) is 38.1. The maximum Gasteiger partial charge on any atom is 0.500 e. The molecule has 115 heavy (non-hydrogen) atoms. The highest BCUT2D eigenvalue weighted by molar-refractivity contribution is 14.1. The fourth-order valence-electron chi connectivity index (χ4n) is 12.5. The Balaban J connectivity index is 0.000000214. The molecule has 19 nitrogen and oxygen atoms in total. The second kappa shape index (κ2) is 46.9. The Morgan fingerprint density at radius 3 is 1.37 bits per heavy atom. The van der Waals surface area contributed by atoms with Gasteiger partial charge in [0.2, 0.25) is 5.91 Å². The molecule has 0 spiro atoms. The lowest BCUT2D eigenvalue weighted by Gasteiger charge is -2.32. The Morgan fingerprint density at radius 2 is 0.939 bits per heavy atom. The summed E-state index contributed by atoms with van der Waals surface area (Å²) in [4.78, 5) is 50.6. The molecule has 0 saturated carbocycles. The van der Waals surface area contributed by atoms with Crippen molar-refractivity contribution in [1.82, 2.24) is 20.9 Å². The zero-order valence-electron chi connectivity index (χ0n) is 66.4. The number of fused-ring (bicyclic) bond motifs is 2. The summed E-state index contributed by atoms with van der Waals surface area (Å²) >= 11 is 15.6. The van der Waals surface area contributed by atoms with Crippen LogP contribution in [0.1, 0.15) is 143 Å². The average molecular weight is 1930 g/mol. The molecule has 15 rings (SSSR count). The molecule has 26 heteroatoms. The van der Waals surface area contributed by atoms with Crippen molar-refractivity contribution in [2.24, 2.45) is 17.2 Å². The molecule has 6 amide bonds. The van der Waals surface area contributed by atoms with Crippen LogP contribution in [0.15, 0.2) is 239 Å². The first kappa shape index (κ1) is 93.5. The van der Waals surface area contributed by atoms with Crippen LogP contribution >= 0.6 is 86.3 Å². The largest absolute Gasteiger partial charge is 0.500 e. The second-order valence-corrected chi connectivity index (χ2v) is 31.4. The molecule has 2 aromatic heterocycles. The summed E-state index contributed by atoms with van der Waals surface area (Å²) in [5.74, 6) is 0.670. The van der Waals surface area contributed by atoms with E-state index in [1.54, 1.807) is 34.1 Å². The van der Waals surface area contributed by atoms with Gasteiger partial charge in [-0.1, -0.05) is 250 Å². The van der Waals surface area contributed by atoms with Crippen molar-refractivity contribution >= 4 is 148 Å². The number of anilines is 3. The van der Waals surface area contributed by atoms with Crippen LogP contribution < -0.4 is 48.8 Å². The van der Waals surface area contributed by atoms with Crippen LogP contribution in [0.2, 0.25) is 0 Å². The molecule has 0 unspecified atom stereocenters. The quantitative estimate of drug-likeness (QED) is 0.0241. The number of nitrogens with one attached hydrogen (secondary N) is 2. The molecule has 0 aliphatic carbocycles. The van der Waals surface area contributed by atoms with Crippen LogP contribution in [0.5, 0.6) is 0 Å². The van der Waals surface area contributed by atoms with E-state index in [9.17, 15) is 19.2 Å². The van der Waals surface area contributed by atoms with E-state index in [0.717, 1.165) is 135 Å². The van der Waals surface area contributed by atoms with Crippen LogP contribution in [0.4, 0.5) is 26.7 Å². The number of amides is 6. The molecule has 603 valence electrons. The lowest BCUT2D eigenvalue weighted by Crippen LogP contribution is -2.43. The average Bonchev–Trinajstić information content (AvgIpc) is 1.60. The monoisotopic (exact) mass is 1920 g/mol. The van der Waals surface area contributed by atoms with Gasteiger partial charge >= 0.3 is 19.2 Å². The third-order valence-electron chi connectivity index (χ3n) is 19.2. The molecule has 0 atom stereocenters. The number of carbonyl (C=O) groups is 4. The number of rotatable bonds is 15. The second-order valence-electron chi connectivity index (χ2n) is 27.8. The van der Waals surface area contributed by atoms with Gasteiger partial charge in [0.15, 0.2) is 0 Å². The number of benzene rings is 9. The molecule has 11 aromatic rings. The van der Waals surface area contributed by atoms with Crippen molar-refractivity contribution in [3.8, 4) is 11.1 Å². The van der Waals surface area contributed by atoms with E-state index < -0.39 is 5.91 Å². The summed E-state index contributed by atoms with van der Waals surface area (Å²) in [6.45, 7) is 20.6. The zero-order valence-corrected chi connectivity index (χ0v) is 73.9. The van der Waals surface area contributed by atoms with Crippen LogP contribution in [-0.4, -0.2) is 79.0 Å².